The number of fused-ring (bicyclic) bond motifs is 1. The minimum Gasteiger partial charge on any atom is -0.495 e. The molecule has 23 heavy (non-hydrogen) atoms. The first-order valence-electron chi connectivity index (χ1n) is 6.31. The van der Waals surface area contributed by atoms with Gasteiger partial charge in [-0.15, -0.1) is 11.3 Å². The van der Waals surface area contributed by atoms with E-state index in [-0.39, 0.29) is 0 Å². The molecule has 0 bridgehead atoms. The summed E-state index contributed by atoms with van der Waals surface area (Å²) in [6.45, 7) is 0. The maximum Gasteiger partial charge on any atom is 0.139 e. The van der Waals surface area contributed by atoms with Gasteiger partial charge in [-0.3, -0.25) is 4.98 Å². The van der Waals surface area contributed by atoms with Crippen molar-refractivity contribution < 1.29 is 4.74 Å². The number of hydrogen-bond acceptors (Lipinski definition) is 5. The molecule has 0 fully saturated rings. The first kappa shape index (κ1) is 16.3. The first-order valence-corrected chi connectivity index (χ1v) is 8.68. The van der Waals surface area contributed by atoms with Crippen molar-refractivity contribution in [3.8, 4) is 11.8 Å². The Morgan fingerprint density at radius 3 is 2.78 bits per heavy atom. The molecule has 2 heterocycles. The van der Waals surface area contributed by atoms with E-state index < -0.39 is 0 Å². The van der Waals surface area contributed by atoms with Gasteiger partial charge in [-0.1, -0.05) is 23.2 Å². The number of aromatic nitrogens is 1. The van der Waals surface area contributed by atoms with Crippen LogP contribution in [-0.4, -0.2) is 12.1 Å². The Bertz CT molecular complexity index is 952. The minimum absolute atomic E-state index is 0.419. The predicted octanol–water partition coefficient (Wildman–Crippen LogP) is 5.99. The zero-order valence-corrected chi connectivity index (χ0v) is 15.6. The van der Waals surface area contributed by atoms with Crippen LogP contribution in [0.4, 0.5) is 11.4 Å². The summed E-state index contributed by atoms with van der Waals surface area (Å²) in [4.78, 5) is 4.28. The van der Waals surface area contributed by atoms with E-state index in [9.17, 15) is 5.26 Å². The van der Waals surface area contributed by atoms with Crippen LogP contribution in [0.5, 0.6) is 5.75 Å². The van der Waals surface area contributed by atoms with Gasteiger partial charge in [-0.2, -0.15) is 5.26 Å². The van der Waals surface area contributed by atoms with Crippen molar-refractivity contribution in [2.45, 2.75) is 0 Å². The molecule has 0 aliphatic rings. The molecule has 8 heteroatoms. The van der Waals surface area contributed by atoms with Crippen molar-refractivity contribution in [1.82, 2.24) is 4.98 Å². The lowest BCUT2D eigenvalue weighted by atomic mass is 10.2. The van der Waals surface area contributed by atoms with Gasteiger partial charge in [0.25, 0.3) is 0 Å². The van der Waals surface area contributed by atoms with Crippen LogP contribution in [0.3, 0.4) is 0 Å². The predicted molar refractivity (Wildman–Crippen MR) is 98.3 cm³/mol. The molecule has 0 saturated carbocycles. The minimum atomic E-state index is 0.419. The molecule has 116 valence electrons. The number of benzene rings is 1. The molecule has 1 N–H and O–H groups in total. The van der Waals surface area contributed by atoms with Crippen LogP contribution < -0.4 is 10.1 Å². The Morgan fingerprint density at radius 1 is 1.30 bits per heavy atom. The van der Waals surface area contributed by atoms with Crippen LogP contribution in [0.15, 0.2) is 28.2 Å². The molecule has 4 nitrogen and oxygen atoms in total. The SMILES string of the molecule is COc1cc(Nc2c(C#N)cnc3cc(Br)sc23)c(Cl)cc1Cl. The Labute approximate surface area is 154 Å². The Hall–Kier alpha value is -1.52. The zero-order valence-electron chi connectivity index (χ0n) is 11.7. The lowest BCUT2D eigenvalue weighted by molar-refractivity contribution is 0.415. The van der Waals surface area contributed by atoms with E-state index in [0.29, 0.717) is 32.7 Å². The van der Waals surface area contributed by atoms with Crippen LogP contribution in [0.2, 0.25) is 10.0 Å². The van der Waals surface area contributed by atoms with Gasteiger partial charge in [-0.05, 0) is 28.1 Å². The number of methoxy groups -OCH3 is 1. The standard InChI is InChI=1S/C15H8BrCl2N3OS/c1-22-12-3-10(8(17)2-9(12)18)21-14-7(5-19)6-20-11-4-13(16)23-15(11)14/h2-4,6H,1H3,(H,20,21). The Kier molecular flexibility index (Phi) is 4.64. The maximum atomic E-state index is 9.36. The molecule has 0 spiro atoms. The number of nitrogens with zero attached hydrogens (tertiary/aromatic N) is 2. The molecule has 0 saturated heterocycles. The summed E-state index contributed by atoms with van der Waals surface area (Å²) in [6.07, 6.45) is 1.53. The van der Waals surface area contributed by atoms with Gasteiger partial charge in [0.05, 0.1) is 48.1 Å². The van der Waals surface area contributed by atoms with Gasteiger partial charge in [0.1, 0.15) is 11.8 Å². The van der Waals surface area contributed by atoms with E-state index in [1.165, 1.54) is 24.6 Å². The molecule has 2 aromatic heterocycles. The second kappa shape index (κ2) is 6.54. The van der Waals surface area contributed by atoms with E-state index in [2.05, 4.69) is 32.3 Å². The average molecular weight is 429 g/mol. The van der Waals surface area contributed by atoms with Crippen LogP contribution >= 0.6 is 50.5 Å². The van der Waals surface area contributed by atoms with Crippen LogP contribution in [-0.2, 0) is 0 Å². The highest BCUT2D eigenvalue weighted by Gasteiger charge is 2.15. The quantitative estimate of drug-likeness (QED) is 0.556. The Balaban J connectivity index is 2.17. The Morgan fingerprint density at radius 2 is 2.09 bits per heavy atom. The molecule has 3 aromatic rings. The first-order chi connectivity index (χ1) is 11.0. The molecule has 0 atom stereocenters. The second-order valence-corrected chi connectivity index (χ2v) is 7.76. The molecule has 0 aliphatic heterocycles. The maximum absolute atomic E-state index is 9.36. The molecule has 0 unspecified atom stereocenters. The molecule has 0 radical (unpaired) electrons. The van der Waals surface area contributed by atoms with Gasteiger partial charge < -0.3 is 10.1 Å². The molecule has 3 rings (SSSR count). The number of ether oxygens (including phenoxy) is 1. The van der Waals surface area contributed by atoms with Gasteiger partial charge >= 0.3 is 0 Å². The van der Waals surface area contributed by atoms with E-state index in [1.54, 1.807) is 12.1 Å². The monoisotopic (exact) mass is 427 g/mol. The van der Waals surface area contributed by atoms with E-state index in [1.807, 2.05) is 6.07 Å². The molecular weight excluding hydrogens is 421 g/mol. The van der Waals surface area contributed by atoms with Crippen molar-refractivity contribution in [2.75, 3.05) is 12.4 Å². The molecular formula is C15H8BrCl2N3OS. The molecule has 0 amide bonds. The van der Waals surface area contributed by atoms with E-state index in [4.69, 9.17) is 27.9 Å². The van der Waals surface area contributed by atoms with E-state index in [0.717, 1.165) is 14.0 Å². The third-order valence-corrected chi connectivity index (χ3v) is 5.39. The number of thiophene rings is 1. The third kappa shape index (κ3) is 3.10. The largest absolute Gasteiger partial charge is 0.495 e. The van der Waals surface area contributed by atoms with Crippen molar-refractivity contribution in [1.29, 1.82) is 5.26 Å². The number of hydrogen-bond donors (Lipinski definition) is 1. The second-order valence-electron chi connectivity index (χ2n) is 4.52. The van der Waals surface area contributed by atoms with Crippen molar-refractivity contribution >= 4 is 72.1 Å². The molecule has 1 aromatic carbocycles. The third-order valence-electron chi connectivity index (χ3n) is 3.13. The zero-order chi connectivity index (χ0) is 16.6. The lowest BCUT2D eigenvalue weighted by Crippen LogP contribution is -1.97. The number of nitriles is 1. The fourth-order valence-corrected chi connectivity index (χ4v) is 4.13. The van der Waals surface area contributed by atoms with Crippen molar-refractivity contribution in [3.63, 3.8) is 0 Å². The smallest absolute Gasteiger partial charge is 0.139 e. The summed E-state index contributed by atoms with van der Waals surface area (Å²) in [5.74, 6) is 0.495. The van der Waals surface area contributed by atoms with Crippen molar-refractivity contribution in [2.24, 2.45) is 0 Å². The number of nitrogens with one attached hydrogen (secondary N) is 1. The summed E-state index contributed by atoms with van der Waals surface area (Å²) in [5.41, 5.74) is 2.47. The summed E-state index contributed by atoms with van der Waals surface area (Å²) in [6, 6.07) is 7.33. The van der Waals surface area contributed by atoms with Crippen LogP contribution in [0.25, 0.3) is 10.2 Å². The van der Waals surface area contributed by atoms with Crippen LogP contribution in [0.1, 0.15) is 5.56 Å². The van der Waals surface area contributed by atoms with Gasteiger partial charge in [0.2, 0.25) is 0 Å². The molecule has 0 aliphatic carbocycles. The van der Waals surface area contributed by atoms with Crippen molar-refractivity contribution in [3.05, 3.63) is 43.8 Å². The highest BCUT2D eigenvalue weighted by molar-refractivity contribution is 9.11. The average Bonchev–Trinajstić information content (AvgIpc) is 2.90. The number of pyridine rings is 1. The van der Waals surface area contributed by atoms with Gasteiger partial charge in [0, 0.05) is 12.3 Å². The summed E-state index contributed by atoms with van der Waals surface area (Å²) in [7, 11) is 1.53. The summed E-state index contributed by atoms with van der Waals surface area (Å²) < 4.78 is 7.00. The van der Waals surface area contributed by atoms with Gasteiger partial charge in [0.15, 0.2) is 0 Å². The highest BCUT2D eigenvalue weighted by Crippen LogP contribution is 2.40. The number of halogens is 3. The number of rotatable bonds is 3. The van der Waals surface area contributed by atoms with Gasteiger partial charge in [-0.25, -0.2) is 0 Å². The fraction of sp³-hybridized carbons (Fsp3) is 0.0667. The highest BCUT2D eigenvalue weighted by atomic mass is 79.9. The summed E-state index contributed by atoms with van der Waals surface area (Å²) >= 11 is 17.2. The topological polar surface area (TPSA) is 57.9 Å². The number of anilines is 2. The summed E-state index contributed by atoms with van der Waals surface area (Å²) in [5, 5.41) is 13.4. The fourth-order valence-electron chi connectivity index (χ4n) is 2.07. The van der Waals surface area contributed by atoms with Crippen LogP contribution in [0, 0.1) is 11.3 Å². The normalized spacial score (nSPS) is 10.6. The van der Waals surface area contributed by atoms with E-state index >= 15 is 0 Å². The lowest BCUT2D eigenvalue weighted by Gasteiger charge is -2.13.